The van der Waals surface area contributed by atoms with E-state index in [9.17, 15) is 0 Å². The van der Waals surface area contributed by atoms with E-state index in [1.807, 2.05) is 7.05 Å². The Kier molecular flexibility index (Phi) is 3.33. The second-order valence-electron chi connectivity index (χ2n) is 6.43. The molecule has 0 aliphatic rings. The molecule has 0 saturated carbocycles. The maximum Gasteiger partial charge on any atom is 0.144 e. The molecule has 1 aromatic heterocycles. The molecule has 3 rings (SSSR count). The number of hydrogen-bond donors (Lipinski definition) is 2. The van der Waals surface area contributed by atoms with Gasteiger partial charge in [-0.3, -0.25) is 0 Å². The van der Waals surface area contributed by atoms with Crippen LogP contribution in [0.3, 0.4) is 0 Å². The summed E-state index contributed by atoms with van der Waals surface area (Å²) in [7, 11) is 0.587. The second kappa shape index (κ2) is 5.04. The summed E-state index contributed by atoms with van der Waals surface area (Å²) < 4.78 is 0. The van der Waals surface area contributed by atoms with E-state index in [0.717, 1.165) is 16.7 Å². The molecular weight excluding hydrogens is 274 g/mol. The quantitative estimate of drug-likeness (QED) is 0.544. The third kappa shape index (κ3) is 3.00. The van der Waals surface area contributed by atoms with Gasteiger partial charge in [-0.05, 0) is 30.3 Å². The third-order valence-electron chi connectivity index (χ3n) is 3.42. The van der Waals surface area contributed by atoms with Gasteiger partial charge >= 0.3 is 0 Å². The summed E-state index contributed by atoms with van der Waals surface area (Å²) in [6, 6.07) is 14.9. The average Bonchev–Trinajstić information content (AvgIpc) is 2.42. The van der Waals surface area contributed by atoms with Crippen LogP contribution in [0.15, 0.2) is 42.5 Å². The van der Waals surface area contributed by atoms with E-state index in [-0.39, 0.29) is 0 Å². The highest BCUT2D eigenvalue weighted by atomic mass is 28.3. The van der Waals surface area contributed by atoms with Crippen LogP contribution in [0.1, 0.15) is 0 Å². The third-order valence-corrected chi connectivity index (χ3v) is 4.46. The number of hydrogen-bond acceptors (Lipinski definition) is 3. The number of rotatable bonds is 3. The van der Waals surface area contributed by atoms with Crippen LogP contribution in [0.4, 0.5) is 11.4 Å². The topological polar surface area (TPSA) is 37.0 Å². The number of aromatic nitrogens is 1. The fraction of sp³-hybridized carbons (Fsp3) is 0.235. The molecule has 0 radical (unpaired) electrons. The van der Waals surface area contributed by atoms with E-state index < -0.39 is 8.24 Å². The van der Waals surface area contributed by atoms with Crippen LogP contribution in [0.25, 0.3) is 21.8 Å². The monoisotopic (exact) mass is 295 g/mol. The van der Waals surface area contributed by atoms with Gasteiger partial charge < -0.3 is 10.3 Å². The van der Waals surface area contributed by atoms with Gasteiger partial charge in [0, 0.05) is 29.2 Å². The van der Waals surface area contributed by atoms with Crippen molar-refractivity contribution in [3.05, 3.63) is 42.5 Å². The first-order valence-electron chi connectivity index (χ1n) is 7.25. The highest BCUT2D eigenvalue weighted by molar-refractivity contribution is 6.79. The Hall–Kier alpha value is -2.07. The van der Waals surface area contributed by atoms with Gasteiger partial charge in [-0.15, -0.1) is 0 Å². The van der Waals surface area contributed by atoms with Gasteiger partial charge in [0.15, 0.2) is 0 Å². The minimum atomic E-state index is -1.34. The first-order valence-corrected chi connectivity index (χ1v) is 10.8. The van der Waals surface area contributed by atoms with Crippen molar-refractivity contribution in [1.29, 1.82) is 0 Å². The number of fused-ring (bicyclic) bond motifs is 2. The smallest absolute Gasteiger partial charge is 0.144 e. The standard InChI is InChI=1S/C17H21N3Si/c1-18-14-7-5-12-9-13-6-8-15(20-21(2,3)4)11-17(13)19-16(12)10-14/h5-11,18,20H,1-4H3. The largest absolute Gasteiger partial charge is 0.411 e. The van der Waals surface area contributed by atoms with Crippen LogP contribution in [-0.4, -0.2) is 20.3 Å². The summed E-state index contributed by atoms with van der Waals surface area (Å²) in [4.78, 5) is 8.44. The van der Waals surface area contributed by atoms with E-state index in [0.29, 0.717) is 0 Å². The molecule has 2 aromatic carbocycles. The summed E-state index contributed by atoms with van der Waals surface area (Å²) in [6.45, 7) is 6.89. The zero-order valence-corrected chi connectivity index (χ0v) is 14.0. The Morgan fingerprint density at radius 2 is 1.38 bits per heavy atom. The molecule has 0 aliphatic heterocycles. The number of nitrogens with one attached hydrogen (secondary N) is 2. The Morgan fingerprint density at radius 3 is 1.95 bits per heavy atom. The first-order chi connectivity index (χ1) is 9.94. The lowest BCUT2D eigenvalue weighted by molar-refractivity contribution is 1.47. The molecule has 0 amide bonds. The molecule has 4 heteroatoms. The number of benzene rings is 2. The van der Waals surface area contributed by atoms with Gasteiger partial charge in [-0.25, -0.2) is 4.98 Å². The highest BCUT2D eigenvalue weighted by Crippen LogP contribution is 2.25. The normalized spacial score (nSPS) is 11.8. The fourth-order valence-electron chi connectivity index (χ4n) is 2.49. The maximum atomic E-state index is 4.81. The second-order valence-corrected chi connectivity index (χ2v) is 11.2. The van der Waals surface area contributed by atoms with Crippen molar-refractivity contribution in [2.75, 3.05) is 17.3 Å². The molecule has 3 aromatic rings. The summed E-state index contributed by atoms with van der Waals surface area (Å²) >= 11 is 0. The summed E-state index contributed by atoms with van der Waals surface area (Å²) in [5.74, 6) is 0. The molecule has 0 atom stereocenters. The molecule has 108 valence electrons. The zero-order valence-electron chi connectivity index (χ0n) is 13.0. The van der Waals surface area contributed by atoms with Gasteiger partial charge in [0.1, 0.15) is 8.24 Å². The van der Waals surface area contributed by atoms with Crippen LogP contribution < -0.4 is 10.3 Å². The highest BCUT2D eigenvalue weighted by Gasteiger charge is 2.13. The van der Waals surface area contributed by atoms with E-state index in [1.54, 1.807) is 0 Å². The summed E-state index contributed by atoms with van der Waals surface area (Å²) in [5, 5.41) is 5.52. The molecule has 0 aliphatic carbocycles. The SMILES string of the molecule is CNc1ccc2cc3ccc(N[Si](C)(C)C)cc3nc2c1. The predicted octanol–water partition coefficient (Wildman–Crippen LogP) is 4.68. The van der Waals surface area contributed by atoms with Gasteiger partial charge in [-0.2, -0.15) is 0 Å². The average molecular weight is 295 g/mol. The Labute approximate surface area is 126 Å². The van der Waals surface area contributed by atoms with Crippen molar-refractivity contribution in [2.45, 2.75) is 19.6 Å². The summed E-state index contributed by atoms with van der Waals surface area (Å²) in [6.07, 6.45) is 0. The molecule has 0 unspecified atom stereocenters. The van der Waals surface area contributed by atoms with E-state index in [1.165, 1.54) is 16.5 Å². The van der Waals surface area contributed by atoms with Crippen molar-refractivity contribution in [3.8, 4) is 0 Å². The lowest BCUT2D eigenvalue weighted by atomic mass is 10.1. The van der Waals surface area contributed by atoms with Crippen LogP contribution in [0, 0.1) is 0 Å². The summed E-state index contributed by atoms with van der Waals surface area (Å²) in [5.41, 5.74) is 4.32. The van der Waals surface area contributed by atoms with E-state index in [2.05, 4.69) is 72.4 Å². The van der Waals surface area contributed by atoms with Crippen LogP contribution in [0.5, 0.6) is 0 Å². The minimum Gasteiger partial charge on any atom is -0.411 e. The molecule has 0 bridgehead atoms. The van der Waals surface area contributed by atoms with Crippen molar-refractivity contribution in [3.63, 3.8) is 0 Å². The lowest BCUT2D eigenvalue weighted by Gasteiger charge is -2.19. The van der Waals surface area contributed by atoms with E-state index >= 15 is 0 Å². The number of nitrogens with zero attached hydrogens (tertiary/aromatic N) is 1. The fourth-order valence-corrected chi connectivity index (χ4v) is 3.51. The van der Waals surface area contributed by atoms with Crippen molar-refractivity contribution in [1.82, 2.24) is 4.98 Å². The minimum absolute atomic E-state index is 1.03. The Bertz CT molecular complexity index is 806. The molecule has 0 spiro atoms. The maximum absolute atomic E-state index is 4.81. The number of anilines is 2. The van der Waals surface area contributed by atoms with Gasteiger partial charge in [0.25, 0.3) is 0 Å². The van der Waals surface area contributed by atoms with E-state index in [4.69, 9.17) is 4.98 Å². The van der Waals surface area contributed by atoms with Crippen LogP contribution in [-0.2, 0) is 0 Å². The van der Waals surface area contributed by atoms with Gasteiger partial charge in [-0.1, -0.05) is 31.8 Å². The van der Waals surface area contributed by atoms with Gasteiger partial charge in [0.2, 0.25) is 0 Å². The van der Waals surface area contributed by atoms with Crippen molar-refractivity contribution < 1.29 is 0 Å². The van der Waals surface area contributed by atoms with Crippen LogP contribution >= 0.6 is 0 Å². The lowest BCUT2D eigenvalue weighted by Crippen LogP contribution is -2.32. The van der Waals surface area contributed by atoms with Gasteiger partial charge in [0.05, 0.1) is 11.0 Å². The molecule has 2 N–H and O–H groups in total. The zero-order chi connectivity index (χ0) is 15.0. The Morgan fingerprint density at radius 1 is 0.810 bits per heavy atom. The van der Waals surface area contributed by atoms with Crippen molar-refractivity contribution in [2.24, 2.45) is 0 Å². The Balaban J connectivity index is 2.13. The van der Waals surface area contributed by atoms with Crippen molar-refractivity contribution >= 4 is 41.4 Å². The molecule has 0 fully saturated rings. The van der Waals surface area contributed by atoms with Crippen LogP contribution in [0.2, 0.25) is 19.6 Å². The first kappa shape index (κ1) is 13.9. The number of pyridine rings is 1. The predicted molar refractivity (Wildman–Crippen MR) is 95.8 cm³/mol. The molecular formula is C17H21N3Si. The molecule has 0 saturated heterocycles. The molecule has 21 heavy (non-hydrogen) atoms. The molecule has 3 nitrogen and oxygen atoms in total. The molecule has 1 heterocycles.